The summed E-state index contributed by atoms with van der Waals surface area (Å²) >= 11 is 0. The minimum absolute atomic E-state index is 0.220. The Balaban J connectivity index is 2.00. The molecule has 0 fully saturated rings. The number of pyridine rings is 1. The van der Waals surface area contributed by atoms with Crippen LogP contribution in [-0.2, 0) is 13.6 Å². The van der Waals surface area contributed by atoms with Crippen LogP contribution in [0.2, 0.25) is 0 Å². The van der Waals surface area contributed by atoms with Gasteiger partial charge in [0, 0.05) is 38.1 Å². The van der Waals surface area contributed by atoms with Crippen LogP contribution in [0.4, 0.5) is 0 Å². The summed E-state index contributed by atoms with van der Waals surface area (Å²) in [5.41, 5.74) is 2.13. The summed E-state index contributed by atoms with van der Waals surface area (Å²) in [6.07, 6.45) is 5.74. The molecule has 7 nitrogen and oxygen atoms in total. The molecule has 2 rings (SSSR count). The second-order valence-corrected chi connectivity index (χ2v) is 5.82. The summed E-state index contributed by atoms with van der Waals surface area (Å²) in [5.74, 6) is 0.791. The van der Waals surface area contributed by atoms with Gasteiger partial charge in [-0.05, 0) is 33.2 Å². The second-order valence-electron chi connectivity index (χ2n) is 5.82. The molecule has 1 unspecified atom stereocenters. The molecule has 0 bridgehead atoms. The number of nitrogens with zero attached hydrogens (tertiary/aromatic N) is 5. The van der Waals surface area contributed by atoms with E-state index < -0.39 is 0 Å². The summed E-state index contributed by atoms with van der Waals surface area (Å²) in [4.78, 5) is 11.1. The number of aliphatic imine (C=N–C) groups is 1. The first-order valence-corrected chi connectivity index (χ1v) is 8.17. The van der Waals surface area contributed by atoms with E-state index in [1.807, 2.05) is 42.3 Å². The summed E-state index contributed by atoms with van der Waals surface area (Å²) in [7, 11) is 6.07. The predicted octanol–water partition coefficient (Wildman–Crippen LogP) is 1.17. The predicted molar refractivity (Wildman–Crippen MR) is 96.7 cm³/mol. The van der Waals surface area contributed by atoms with Gasteiger partial charge in [0.05, 0.1) is 24.5 Å². The minimum Gasteiger partial charge on any atom is -0.357 e. The van der Waals surface area contributed by atoms with Crippen LogP contribution in [0.1, 0.15) is 24.2 Å². The molecule has 2 aromatic heterocycles. The molecule has 0 spiro atoms. The Kier molecular flexibility index (Phi) is 6.74. The highest BCUT2D eigenvalue weighted by molar-refractivity contribution is 5.79. The number of hydrogen-bond acceptors (Lipinski definition) is 4. The fraction of sp³-hybridized carbons (Fsp3) is 0.471. The first-order chi connectivity index (χ1) is 11.6. The first kappa shape index (κ1) is 17.9. The molecule has 0 aliphatic rings. The highest BCUT2D eigenvalue weighted by atomic mass is 15.3. The van der Waals surface area contributed by atoms with Crippen molar-refractivity contribution < 1.29 is 0 Å². The van der Waals surface area contributed by atoms with Crippen LogP contribution in [0.5, 0.6) is 0 Å². The third-order valence-corrected chi connectivity index (χ3v) is 3.67. The monoisotopic (exact) mass is 329 g/mol. The highest BCUT2D eigenvalue weighted by Crippen LogP contribution is 2.15. The Morgan fingerprint density at radius 3 is 2.75 bits per heavy atom. The normalized spacial score (nSPS) is 13.1. The number of rotatable bonds is 7. The van der Waals surface area contributed by atoms with Crippen LogP contribution >= 0.6 is 0 Å². The fourth-order valence-corrected chi connectivity index (χ4v) is 2.40. The molecule has 0 aliphatic heterocycles. The van der Waals surface area contributed by atoms with Crippen LogP contribution in [-0.4, -0.2) is 52.8 Å². The van der Waals surface area contributed by atoms with E-state index in [1.165, 1.54) is 5.56 Å². The third-order valence-electron chi connectivity index (χ3n) is 3.67. The van der Waals surface area contributed by atoms with Gasteiger partial charge >= 0.3 is 0 Å². The number of aryl methyl sites for hydroxylation is 1. The van der Waals surface area contributed by atoms with Crippen molar-refractivity contribution >= 4 is 5.96 Å². The van der Waals surface area contributed by atoms with Crippen molar-refractivity contribution in [2.75, 3.05) is 27.2 Å². The largest absolute Gasteiger partial charge is 0.357 e. The number of aromatic nitrogens is 3. The summed E-state index contributed by atoms with van der Waals surface area (Å²) < 4.78 is 1.83. The first-order valence-electron chi connectivity index (χ1n) is 8.17. The zero-order chi connectivity index (χ0) is 17.4. The second kappa shape index (κ2) is 9.02. The maximum absolute atomic E-state index is 4.61. The quantitative estimate of drug-likeness (QED) is 0.589. The SMILES string of the molecule is CCNC(=NCc1ccccn1)NCC(c1cnn(C)c1)N(C)C. The number of hydrogen-bond donors (Lipinski definition) is 2. The summed E-state index contributed by atoms with van der Waals surface area (Å²) in [5, 5.41) is 11.0. The van der Waals surface area contributed by atoms with Crippen molar-refractivity contribution in [3.63, 3.8) is 0 Å². The molecule has 0 saturated carbocycles. The lowest BCUT2D eigenvalue weighted by molar-refractivity contribution is 0.298. The lowest BCUT2D eigenvalue weighted by Gasteiger charge is -2.24. The van der Waals surface area contributed by atoms with Gasteiger partial charge in [0.1, 0.15) is 0 Å². The standard InChI is InChI=1S/C17H27N7/c1-5-18-17(20-11-15-8-6-7-9-19-15)21-12-16(23(2)3)14-10-22-24(4)13-14/h6-10,13,16H,5,11-12H2,1-4H3,(H2,18,20,21). The van der Waals surface area contributed by atoms with E-state index in [0.29, 0.717) is 6.54 Å². The van der Waals surface area contributed by atoms with Crippen molar-refractivity contribution in [1.82, 2.24) is 30.3 Å². The Hall–Kier alpha value is -2.41. The van der Waals surface area contributed by atoms with Crippen molar-refractivity contribution in [1.29, 1.82) is 0 Å². The topological polar surface area (TPSA) is 70.4 Å². The average Bonchev–Trinajstić information content (AvgIpc) is 2.99. The van der Waals surface area contributed by atoms with Gasteiger partial charge in [-0.15, -0.1) is 0 Å². The summed E-state index contributed by atoms with van der Waals surface area (Å²) in [6, 6.07) is 6.08. The Bertz CT molecular complexity index is 633. The molecule has 1 atom stereocenters. The highest BCUT2D eigenvalue weighted by Gasteiger charge is 2.16. The van der Waals surface area contributed by atoms with Gasteiger partial charge in [-0.3, -0.25) is 9.67 Å². The van der Waals surface area contributed by atoms with Crippen LogP contribution in [0.25, 0.3) is 0 Å². The van der Waals surface area contributed by atoms with E-state index in [-0.39, 0.29) is 6.04 Å². The van der Waals surface area contributed by atoms with E-state index in [4.69, 9.17) is 0 Å². The van der Waals surface area contributed by atoms with Crippen LogP contribution in [0.15, 0.2) is 41.8 Å². The molecular weight excluding hydrogens is 302 g/mol. The zero-order valence-electron chi connectivity index (χ0n) is 14.9. The van der Waals surface area contributed by atoms with Gasteiger partial charge < -0.3 is 15.5 Å². The van der Waals surface area contributed by atoms with Gasteiger partial charge in [0.2, 0.25) is 0 Å². The van der Waals surface area contributed by atoms with E-state index in [1.54, 1.807) is 6.20 Å². The number of guanidine groups is 1. The molecule has 2 heterocycles. The van der Waals surface area contributed by atoms with Crippen LogP contribution in [0.3, 0.4) is 0 Å². The van der Waals surface area contributed by atoms with Crippen LogP contribution in [0, 0.1) is 0 Å². The van der Waals surface area contributed by atoms with Crippen molar-refractivity contribution in [3.05, 3.63) is 48.0 Å². The van der Waals surface area contributed by atoms with Crippen LogP contribution < -0.4 is 10.6 Å². The Morgan fingerprint density at radius 2 is 2.17 bits per heavy atom. The molecular formula is C17H27N7. The average molecular weight is 329 g/mol. The molecule has 0 saturated heterocycles. The van der Waals surface area contributed by atoms with Gasteiger partial charge in [-0.25, -0.2) is 4.99 Å². The Labute approximate surface area is 143 Å². The smallest absolute Gasteiger partial charge is 0.191 e. The van der Waals surface area contributed by atoms with Gasteiger partial charge in [-0.1, -0.05) is 6.07 Å². The number of likely N-dealkylation sites (N-methyl/N-ethyl adjacent to an activating group) is 1. The lowest BCUT2D eigenvalue weighted by Crippen LogP contribution is -2.41. The van der Waals surface area contributed by atoms with Gasteiger partial charge in [0.25, 0.3) is 0 Å². The maximum Gasteiger partial charge on any atom is 0.191 e. The molecule has 24 heavy (non-hydrogen) atoms. The van der Waals surface area contributed by atoms with E-state index >= 15 is 0 Å². The lowest BCUT2D eigenvalue weighted by atomic mass is 10.1. The minimum atomic E-state index is 0.220. The van der Waals surface area contributed by atoms with E-state index in [2.05, 4.69) is 51.6 Å². The van der Waals surface area contributed by atoms with Gasteiger partial charge in [0.15, 0.2) is 5.96 Å². The van der Waals surface area contributed by atoms with E-state index in [9.17, 15) is 0 Å². The van der Waals surface area contributed by atoms with Crippen molar-refractivity contribution in [2.24, 2.45) is 12.0 Å². The maximum atomic E-state index is 4.61. The molecule has 130 valence electrons. The molecule has 2 N–H and O–H groups in total. The molecule has 2 aromatic rings. The molecule has 0 amide bonds. The third kappa shape index (κ3) is 5.34. The summed E-state index contributed by atoms with van der Waals surface area (Å²) in [6.45, 7) is 4.17. The fourth-order valence-electron chi connectivity index (χ4n) is 2.40. The van der Waals surface area contributed by atoms with Crippen molar-refractivity contribution in [2.45, 2.75) is 19.5 Å². The Morgan fingerprint density at radius 1 is 1.33 bits per heavy atom. The van der Waals surface area contributed by atoms with Gasteiger partial charge in [-0.2, -0.15) is 5.10 Å². The molecule has 0 radical (unpaired) electrons. The molecule has 0 aromatic carbocycles. The molecule has 0 aliphatic carbocycles. The zero-order valence-corrected chi connectivity index (χ0v) is 14.9. The number of nitrogens with one attached hydrogen (secondary N) is 2. The van der Waals surface area contributed by atoms with E-state index in [0.717, 1.165) is 24.7 Å². The van der Waals surface area contributed by atoms with Crippen molar-refractivity contribution in [3.8, 4) is 0 Å². The molecule has 7 heteroatoms.